The monoisotopic (exact) mass is 236 g/mol. The second-order valence-corrected chi connectivity index (χ2v) is 7.38. The highest BCUT2D eigenvalue weighted by Gasteiger charge is 2.71. The van der Waals surface area contributed by atoms with Gasteiger partial charge < -0.3 is 5.11 Å². The minimum absolute atomic E-state index is 0.0781. The third kappa shape index (κ3) is 1.09. The average molecular weight is 236 g/mol. The number of aliphatic hydroxyl groups excluding tert-OH is 1. The quantitative estimate of drug-likeness (QED) is 0.702. The molecule has 0 aromatic rings. The molecule has 0 aromatic carbocycles. The molecule has 0 aliphatic heterocycles. The maximum atomic E-state index is 12.3. The van der Waals surface area contributed by atoms with E-state index in [4.69, 9.17) is 0 Å². The molecule has 0 radical (unpaired) electrons. The molecule has 0 saturated heterocycles. The summed E-state index contributed by atoms with van der Waals surface area (Å²) in [6, 6.07) is 0. The van der Waals surface area contributed by atoms with Crippen molar-refractivity contribution >= 4 is 5.78 Å². The van der Waals surface area contributed by atoms with Gasteiger partial charge in [-0.25, -0.2) is 0 Å². The van der Waals surface area contributed by atoms with E-state index in [-0.39, 0.29) is 28.3 Å². The van der Waals surface area contributed by atoms with Crippen molar-refractivity contribution in [3.8, 4) is 0 Å². The molecule has 3 rings (SSSR count). The molecule has 0 amide bonds. The van der Waals surface area contributed by atoms with Crippen molar-refractivity contribution in [1.82, 2.24) is 0 Å². The highest BCUT2D eigenvalue weighted by molar-refractivity contribution is 5.83. The van der Waals surface area contributed by atoms with Gasteiger partial charge in [0.25, 0.3) is 0 Å². The molecule has 3 fully saturated rings. The predicted octanol–water partition coefficient (Wildman–Crippen LogP) is 2.93. The normalized spacial score (nSPS) is 52.4. The minimum Gasteiger partial charge on any atom is -0.393 e. The predicted molar refractivity (Wildman–Crippen MR) is 66.5 cm³/mol. The molecule has 3 aliphatic rings. The molecule has 3 aliphatic carbocycles. The second-order valence-electron chi connectivity index (χ2n) is 7.38. The van der Waals surface area contributed by atoms with Crippen molar-refractivity contribution in [2.24, 2.45) is 22.2 Å². The lowest BCUT2D eigenvalue weighted by Gasteiger charge is -2.55. The van der Waals surface area contributed by atoms with Gasteiger partial charge in [0, 0.05) is 12.3 Å². The summed E-state index contributed by atoms with van der Waals surface area (Å²) < 4.78 is 0. The van der Waals surface area contributed by atoms with Gasteiger partial charge in [0.2, 0.25) is 0 Å². The van der Waals surface area contributed by atoms with Crippen LogP contribution >= 0.6 is 0 Å². The van der Waals surface area contributed by atoms with Crippen molar-refractivity contribution in [3.63, 3.8) is 0 Å². The van der Waals surface area contributed by atoms with Crippen LogP contribution in [0.2, 0.25) is 0 Å². The Hall–Kier alpha value is -0.370. The first-order valence-electron chi connectivity index (χ1n) is 7.06. The molecule has 1 unspecified atom stereocenters. The van der Waals surface area contributed by atoms with Crippen LogP contribution in [-0.4, -0.2) is 17.0 Å². The summed E-state index contributed by atoms with van der Waals surface area (Å²) in [6.45, 7) is 6.72. The van der Waals surface area contributed by atoms with Crippen LogP contribution in [0.3, 0.4) is 0 Å². The van der Waals surface area contributed by atoms with Gasteiger partial charge in [-0.2, -0.15) is 0 Å². The molecule has 3 saturated carbocycles. The van der Waals surface area contributed by atoms with Gasteiger partial charge in [-0.1, -0.05) is 27.2 Å². The molecule has 0 bridgehead atoms. The van der Waals surface area contributed by atoms with Gasteiger partial charge in [0.15, 0.2) is 0 Å². The largest absolute Gasteiger partial charge is 0.393 e. The number of Topliss-reactive ketones (excluding diaryl/α,β-unsaturated/α-hetero) is 1. The maximum absolute atomic E-state index is 12.3. The van der Waals surface area contributed by atoms with E-state index in [0.29, 0.717) is 5.78 Å². The molecule has 2 nitrogen and oxygen atoms in total. The number of hydrogen-bond acceptors (Lipinski definition) is 2. The summed E-state index contributed by atoms with van der Waals surface area (Å²) in [4.78, 5) is 12.3. The first-order valence-corrected chi connectivity index (χ1v) is 7.06. The molecule has 1 N–H and O–H groups in total. The van der Waals surface area contributed by atoms with Crippen LogP contribution in [0.15, 0.2) is 0 Å². The first kappa shape index (κ1) is 11.7. The highest BCUT2D eigenvalue weighted by atomic mass is 16.3. The Balaban J connectivity index is 2.18. The summed E-state index contributed by atoms with van der Waals surface area (Å²) in [5, 5.41) is 10.5. The summed E-state index contributed by atoms with van der Waals surface area (Å²) in [6.07, 6.45) is 5.76. The Labute approximate surface area is 104 Å². The summed E-state index contributed by atoms with van der Waals surface area (Å²) in [5.74, 6) is 0.704. The van der Waals surface area contributed by atoms with Crippen LogP contribution in [-0.2, 0) is 4.79 Å². The van der Waals surface area contributed by atoms with E-state index in [1.54, 1.807) is 0 Å². The van der Waals surface area contributed by atoms with Crippen LogP contribution < -0.4 is 0 Å². The van der Waals surface area contributed by atoms with Crippen LogP contribution in [0.25, 0.3) is 0 Å². The Morgan fingerprint density at radius 2 is 1.94 bits per heavy atom. The van der Waals surface area contributed by atoms with Crippen molar-refractivity contribution in [2.45, 2.75) is 65.4 Å². The Kier molecular flexibility index (Phi) is 2.16. The van der Waals surface area contributed by atoms with E-state index < -0.39 is 0 Å². The molecule has 0 aromatic heterocycles. The number of carbonyl (C=O) groups excluding carboxylic acids is 1. The fraction of sp³-hybridized carbons (Fsp3) is 0.933. The zero-order valence-corrected chi connectivity index (χ0v) is 11.3. The highest BCUT2D eigenvalue weighted by Crippen LogP contribution is 2.74. The first-order chi connectivity index (χ1) is 7.85. The molecular formula is C15H24O2. The molecular weight excluding hydrogens is 212 g/mol. The molecule has 4 atom stereocenters. The summed E-state index contributed by atoms with van der Waals surface area (Å²) in [7, 11) is 0. The van der Waals surface area contributed by atoms with Crippen LogP contribution in [0.4, 0.5) is 0 Å². The molecule has 17 heavy (non-hydrogen) atoms. The Bertz CT molecular complexity index is 373. The lowest BCUT2D eigenvalue weighted by molar-refractivity contribution is -0.146. The SMILES string of the molecule is CC1(C)C(O)C[C@@]2(C)CCC(=O)[C@@H]3CCC[C@]312. The Morgan fingerprint density at radius 3 is 2.65 bits per heavy atom. The molecule has 0 heterocycles. The van der Waals surface area contributed by atoms with Gasteiger partial charge in [-0.3, -0.25) is 4.79 Å². The van der Waals surface area contributed by atoms with Crippen LogP contribution in [0.1, 0.15) is 59.3 Å². The van der Waals surface area contributed by atoms with Crippen molar-refractivity contribution in [1.29, 1.82) is 0 Å². The van der Waals surface area contributed by atoms with E-state index in [1.165, 1.54) is 6.42 Å². The average Bonchev–Trinajstić information content (AvgIpc) is 2.75. The smallest absolute Gasteiger partial charge is 0.136 e. The zero-order chi connectivity index (χ0) is 12.5. The molecule has 1 spiro atoms. The number of rotatable bonds is 0. The van der Waals surface area contributed by atoms with Crippen molar-refractivity contribution in [3.05, 3.63) is 0 Å². The van der Waals surface area contributed by atoms with E-state index >= 15 is 0 Å². The van der Waals surface area contributed by atoms with Gasteiger partial charge in [0.05, 0.1) is 6.10 Å². The topological polar surface area (TPSA) is 37.3 Å². The summed E-state index contributed by atoms with van der Waals surface area (Å²) in [5.41, 5.74) is 0.165. The number of carbonyl (C=O) groups is 1. The fourth-order valence-corrected chi connectivity index (χ4v) is 5.77. The molecule has 96 valence electrons. The van der Waals surface area contributed by atoms with E-state index in [1.807, 2.05) is 0 Å². The Morgan fingerprint density at radius 1 is 1.24 bits per heavy atom. The zero-order valence-electron chi connectivity index (χ0n) is 11.3. The van der Waals surface area contributed by atoms with E-state index in [0.717, 1.165) is 32.1 Å². The van der Waals surface area contributed by atoms with Gasteiger partial charge in [-0.05, 0) is 41.9 Å². The lowest BCUT2D eigenvalue weighted by Crippen LogP contribution is -2.53. The number of ketones is 1. The van der Waals surface area contributed by atoms with Gasteiger partial charge in [0.1, 0.15) is 5.78 Å². The lowest BCUT2D eigenvalue weighted by atomic mass is 9.48. The van der Waals surface area contributed by atoms with Gasteiger partial charge >= 0.3 is 0 Å². The van der Waals surface area contributed by atoms with Crippen molar-refractivity contribution < 1.29 is 9.90 Å². The fourth-order valence-electron chi connectivity index (χ4n) is 5.77. The summed E-state index contributed by atoms with van der Waals surface area (Å²) >= 11 is 0. The van der Waals surface area contributed by atoms with E-state index in [2.05, 4.69) is 20.8 Å². The standard InChI is InChI=1S/C15H24O2/c1-13(2)12(17)9-14(3)8-6-11(16)10-5-4-7-15(10,13)14/h10,12,17H,4-9H2,1-3H3/t10-,12?,14+,15-/m0/s1. The molecule has 2 heteroatoms. The van der Waals surface area contributed by atoms with Crippen molar-refractivity contribution in [2.75, 3.05) is 0 Å². The maximum Gasteiger partial charge on any atom is 0.136 e. The number of hydrogen-bond donors (Lipinski definition) is 1. The third-order valence-corrected chi connectivity index (χ3v) is 6.67. The number of aliphatic hydroxyl groups is 1. The second kappa shape index (κ2) is 3.14. The van der Waals surface area contributed by atoms with Crippen LogP contribution in [0.5, 0.6) is 0 Å². The van der Waals surface area contributed by atoms with E-state index in [9.17, 15) is 9.90 Å². The third-order valence-electron chi connectivity index (χ3n) is 6.67. The van der Waals surface area contributed by atoms with Gasteiger partial charge in [-0.15, -0.1) is 0 Å². The minimum atomic E-state index is -0.237. The van der Waals surface area contributed by atoms with Crippen LogP contribution in [0, 0.1) is 22.2 Å².